The molecule has 0 atom stereocenters. The van der Waals surface area contributed by atoms with Crippen LogP contribution < -0.4 is 10.5 Å². The predicted octanol–water partition coefficient (Wildman–Crippen LogP) is 0.663. The Balaban J connectivity index is 2.38. The van der Waals surface area contributed by atoms with Crippen molar-refractivity contribution in [3.63, 3.8) is 0 Å². The fourth-order valence-electron chi connectivity index (χ4n) is 1.25. The second kappa shape index (κ2) is 7.63. The van der Waals surface area contributed by atoms with E-state index in [0.29, 0.717) is 18.0 Å². The second-order valence-electron chi connectivity index (χ2n) is 3.66. The molecule has 0 aliphatic rings. The van der Waals surface area contributed by atoms with Crippen molar-refractivity contribution >= 4 is 27.5 Å². The molecule has 0 radical (unpaired) electrons. The van der Waals surface area contributed by atoms with Crippen molar-refractivity contribution < 1.29 is 13.5 Å². The summed E-state index contributed by atoms with van der Waals surface area (Å²) in [6.45, 7) is 0.549. The number of nitrogen functional groups attached to an aromatic ring is 1. The summed E-state index contributed by atoms with van der Waals surface area (Å²) in [5.74, 6) is 1.52. The molecule has 0 aliphatic carbocycles. The molecule has 1 aromatic carbocycles. The Hall–Kier alpha value is -0.760. The third-order valence-electron chi connectivity index (χ3n) is 2.18. The van der Waals surface area contributed by atoms with E-state index in [1.807, 2.05) is 0 Å². The maximum absolute atomic E-state index is 11.8. The monoisotopic (exact) mass is 290 g/mol. The van der Waals surface area contributed by atoms with Crippen LogP contribution in [-0.2, 0) is 10.0 Å². The fraction of sp³-hybridized carbons (Fsp3) is 0.455. The van der Waals surface area contributed by atoms with Gasteiger partial charge in [-0.15, -0.1) is 0 Å². The standard InChI is InChI=1S/C11H18N2O3S2/c12-10-2-4-11(5-3-10)18(15,16)13-6-9-17-8-1-7-14/h2-5,13-14H,1,6-9,12H2. The third-order valence-corrected chi connectivity index (χ3v) is 4.72. The minimum absolute atomic E-state index is 0.171. The zero-order valence-corrected chi connectivity index (χ0v) is 11.6. The van der Waals surface area contributed by atoms with E-state index in [0.717, 1.165) is 12.2 Å². The molecule has 0 spiro atoms. The lowest BCUT2D eigenvalue weighted by Gasteiger charge is -2.06. The average molecular weight is 290 g/mol. The van der Waals surface area contributed by atoms with E-state index >= 15 is 0 Å². The van der Waals surface area contributed by atoms with E-state index in [9.17, 15) is 8.42 Å². The predicted molar refractivity (Wildman–Crippen MR) is 75.1 cm³/mol. The Morgan fingerprint density at radius 2 is 1.89 bits per heavy atom. The van der Waals surface area contributed by atoms with E-state index in [1.165, 1.54) is 12.1 Å². The molecule has 0 saturated carbocycles. The summed E-state index contributed by atoms with van der Waals surface area (Å²) in [5.41, 5.74) is 6.03. The number of nitrogens with two attached hydrogens (primary N) is 1. The Morgan fingerprint density at radius 1 is 1.22 bits per heavy atom. The molecule has 0 heterocycles. The van der Waals surface area contributed by atoms with Gasteiger partial charge in [0.1, 0.15) is 0 Å². The van der Waals surface area contributed by atoms with Gasteiger partial charge in [0.05, 0.1) is 4.90 Å². The summed E-state index contributed by atoms with van der Waals surface area (Å²) in [5, 5.41) is 8.59. The van der Waals surface area contributed by atoms with Crippen LogP contribution >= 0.6 is 11.8 Å². The molecule has 18 heavy (non-hydrogen) atoms. The summed E-state index contributed by atoms with van der Waals surface area (Å²) in [7, 11) is -3.44. The topological polar surface area (TPSA) is 92.4 Å². The van der Waals surface area contributed by atoms with E-state index in [4.69, 9.17) is 10.8 Å². The molecule has 102 valence electrons. The number of benzene rings is 1. The smallest absolute Gasteiger partial charge is 0.240 e. The van der Waals surface area contributed by atoms with Gasteiger partial charge in [0.25, 0.3) is 0 Å². The molecular formula is C11H18N2O3S2. The van der Waals surface area contributed by atoms with Crippen LogP contribution in [0.3, 0.4) is 0 Å². The van der Waals surface area contributed by atoms with Gasteiger partial charge in [0.15, 0.2) is 0 Å². The summed E-state index contributed by atoms with van der Waals surface area (Å²) < 4.78 is 26.2. The summed E-state index contributed by atoms with van der Waals surface area (Å²) in [4.78, 5) is 0.219. The molecule has 0 aromatic heterocycles. The van der Waals surface area contributed by atoms with E-state index in [1.54, 1.807) is 23.9 Å². The maximum atomic E-state index is 11.8. The quantitative estimate of drug-likeness (QED) is 0.483. The van der Waals surface area contributed by atoms with Crippen molar-refractivity contribution in [3.8, 4) is 0 Å². The van der Waals surface area contributed by atoms with E-state index in [2.05, 4.69) is 4.72 Å². The van der Waals surface area contributed by atoms with Crippen LogP contribution in [-0.4, -0.2) is 38.2 Å². The summed E-state index contributed by atoms with van der Waals surface area (Å²) >= 11 is 1.61. The maximum Gasteiger partial charge on any atom is 0.240 e. The van der Waals surface area contributed by atoms with Crippen LogP contribution in [0.4, 0.5) is 5.69 Å². The van der Waals surface area contributed by atoms with Crippen LogP contribution in [0.25, 0.3) is 0 Å². The molecular weight excluding hydrogens is 272 g/mol. The van der Waals surface area contributed by atoms with E-state index in [-0.39, 0.29) is 11.5 Å². The van der Waals surface area contributed by atoms with Crippen molar-refractivity contribution in [2.24, 2.45) is 0 Å². The SMILES string of the molecule is Nc1ccc(S(=O)(=O)NCCSCCCO)cc1. The summed E-state index contributed by atoms with van der Waals surface area (Å²) in [6.07, 6.45) is 0.732. The van der Waals surface area contributed by atoms with Gasteiger partial charge in [-0.05, 0) is 36.4 Å². The largest absolute Gasteiger partial charge is 0.399 e. The Bertz CT molecular complexity index is 446. The number of aliphatic hydroxyl groups is 1. The minimum Gasteiger partial charge on any atom is -0.399 e. The van der Waals surface area contributed by atoms with Crippen LogP contribution in [0.1, 0.15) is 6.42 Å². The molecule has 0 saturated heterocycles. The van der Waals surface area contributed by atoms with Gasteiger partial charge in [-0.25, -0.2) is 13.1 Å². The molecule has 0 fully saturated rings. The highest BCUT2D eigenvalue weighted by Crippen LogP contribution is 2.11. The van der Waals surface area contributed by atoms with Gasteiger partial charge in [-0.1, -0.05) is 0 Å². The zero-order valence-electron chi connectivity index (χ0n) is 10.0. The highest BCUT2D eigenvalue weighted by Gasteiger charge is 2.12. The van der Waals surface area contributed by atoms with E-state index < -0.39 is 10.0 Å². The number of nitrogens with one attached hydrogen (secondary N) is 1. The van der Waals surface area contributed by atoms with Gasteiger partial charge in [-0.2, -0.15) is 11.8 Å². The second-order valence-corrected chi connectivity index (χ2v) is 6.65. The molecule has 1 aromatic rings. The lowest BCUT2D eigenvalue weighted by molar-refractivity contribution is 0.296. The Labute approximate surface area is 112 Å². The van der Waals surface area contributed by atoms with Gasteiger partial charge < -0.3 is 10.8 Å². The zero-order chi connectivity index (χ0) is 13.4. The van der Waals surface area contributed by atoms with Crippen molar-refractivity contribution in [1.82, 2.24) is 4.72 Å². The lowest BCUT2D eigenvalue weighted by atomic mass is 10.3. The van der Waals surface area contributed by atoms with Crippen molar-refractivity contribution in [2.75, 3.05) is 30.4 Å². The third kappa shape index (κ3) is 5.26. The number of hydrogen-bond acceptors (Lipinski definition) is 5. The van der Waals surface area contributed by atoms with Gasteiger partial charge in [0.2, 0.25) is 10.0 Å². The Morgan fingerprint density at radius 3 is 2.50 bits per heavy atom. The Kier molecular flexibility index (Phi) is 6.48. The van der Waals surface area contributed by atoms with Crippen molar-refractivity contribution in [2.45, 2.75) is 11.3 Å². The van der Waals surface area contributed by atoms with Crippen molar-refractivity contribution in [1.29, 1.82) is 0 Å². The first kappa shape index (κ1) is 15.3. The van der Waals surface area contributed by atoms with Gasteiger partial charge in [0, 0.05) is 24.6 Å². The number of aliphatic hydroxyl groups excluding tert-OH is 1. The average Bonchev–Trinajstić information content (AvgIpc) is 2.34. The molecule has 5 nitrogen and oxygen atoms in total. The highest BCUT2D eigenvalue weighted by molar-refractivity contribution is 7.99. The summed E-state index contributed by atoms with van der Waals surface area (Å²) in [6, 6.07) is 6.09. The minimum atomic E-state index is -3.44. The molecule has 0 bridgehead atoms. The fourth-order valence-corrected chi connectivity index (χ4v) is 3.19. The van der Waals surface area contributed by atoms with Gasteiger partial charge in [-0.3, -0.25) is 0 Å². The van der Waals surface area contributed by atoms with Crippen LogP contribution in [0.5, 0.6) is 0 Å². The normalized spacial score (nSPS) is 11.6. The van der Waals surface area contributed by atoms with Crippen molar-refractivity contribution in [3.05, 3.63) is 24.3 Å². The van der Waals surface area contributed by atoms with Gasteiger partial charge >= 0.3 is 0 Å². The number of anilines is 1. The molecule has 4 N–H and O–H groups in total. The highest BCUT2D eigenvalue weighted by atomic mass is 32.2. The molecule has 1 rings (SSSR count). The lowest BCUT2D eigenvalue weighted by Crippen LogP contribution is -2.26. The number of thioether (sulfide) groups is 1. The molecule has 0 aliphatic heterocycles. The number of rotatable bonds is 8. The first-order valence-corrected chi connectivity index (χ1v) is 8.24. The molecule has 7 heteroatoms. The van der Waals surface area contributed by atoms with Crippen LogP contribution in [0.2, 0.25) is 0 Å². The number of sulfonamides is 1. The number of hydrogen-bond donors (Lipinski definition) is 3. The molecule has 0 amide bonds. The van der Waals surface area contributed by atoms with Crippen LogP contribution in [0.15, 0.2) is 29.2 Å². The van der Waals surface area contributed by atoms with Crippen LogP contribution in [0, 0.1) is 0 Å². The first-order valence-electron chi connectivity index (χ1n) is 5.60. The first-order chi connectivity index (χ1) is 8.56. The molecule has 0 unspecified atom stereocenters.